The first-order valence-electron chi connectivity index (χ1n) is 4.46. The molecule has 12 heavy (non-hydrogen) atoms. The number of aliphatic hydroxyl groups excluding tert-OH is 1. The van der Waals surface area contributed by atoms with E-state index in [0.29, 0.717) is 0 Å². The zero-order valence-corrected chi connectivity index (χ0v) is 7.32. The monoisotopic (exact) mass is 166 g/mol. The van der Waals surface area contributed by atoms with E-state index >= 15 is 0 Å². The highest BCUT2D eigenvalue weighted by Gasteiger charge is 2.19. The predicted octanol–water partition coefficient (Wildman–Crippen LogP) is 1.06. The average Bonchev–Trinajstić information content (AvgIpc) is 2.44. The van der Waals surface area contributed by atoms with Gasteiger partial charge in [0, 0.05) is 12.6 Å². The summed E-state index contributed by atoms with van der Waals surface area (Å²) in [4.78, 5) is 4.40. The Morgan fingerprint density at radius 3 is 3.33 bits per heavy atom. The lowest BCUT2D eigenvalue weighted by molar-refractivity contribution is 0.206. The second-order valence-electron chi connectivity index (χ2n) is 3.43. The summed E-state index contributed by atoms with van der Waals surface area (Å²) < 4.78 is 2.12. The van der Waals surface area contributed by atoms with Crippen molar-refractivity contribution in [3.8, 4) is 0 Å². The van der Waals surface area contributed by atoms with E-state index in [-0.39, 0.29) is 12.6 Å². The van der Waals surface area contributed by atoms with Gasteiger partial charge in [-0.25, -0.2) is 4.98 Å². The van der Waals surface area contributed by atoms with Gasteiger partial charge in [0.1, 0.15) is 5.82 Å². The van der Waals surface area contributed by atoms with Crippen LogP contribution in [0, 0.1) is 6.92 Å². The van der Waals surface area contributed by atoms with Crippen molar-refractivity contribution < 1.29 is 5.11 Å². The van der Waals surface area contributed by atoms with E-state index < -0.39 is 0 Å². The highest BCUT2D eigenvalue weighted by Crippen LogP contribution is 2.23. The zero-order chi connectivity index (χ0) is 8.55. The van der Waals surface area contributed by atoms with Crippen molar-refractivity contribution in [1.29, 1.82) is 0 Å². The summed E-state index contributed by atoms with van der Waals surface area (Å²) in [7, 11) is 0. The van der Waals surface area contributed by atoms with E-state index in [1.54, 1.807) is 0 Å². The number of aromatic nitrogens is 2. The smallest absolute Gasteiger partial charge is 0.109 e. The first-order chi connectivity index (χ1) is 5.81. The molecule has 0 spiro atoms. The Kier molecular flexibility index (Phi) is 1.89. The Balaban J connectivity index is 2.36. The molecule has 0 aliphatic carbocycles. The zero-order valence-electron chi connectivity index (χ0n) is 7.32. The van der Waals surface area contributed by atoms with Crippen LogP contribution in [0.3, 0.4) is 0 Å². The fourth-order valence-electron chi connectivity index (χ4n) is 1.88. The van der Waals surface area contributed by atoms with Gasteiger partial charge >= 0.3 is 0 Å². The molecule has 2 rings (SSSR count). The fraction of sp³-hybridized carbons (Fsp3) is 0.667. The molecule has 1 unspecified atom stereocenters. The summed E-state index contributed by atoms with van der Waals surface area (Å²) in [6.45, 7) is 2.24. The molecule has 0 bridgehead atoms. The number of fused-ring (bicyclic) bond motifs is 1. The molecular formula is C9H14N2O. The molecule has 3 nitrogen and oxygen atoms in total. The van der Waals surface area contributed by atoms with Crippen molar-refractivity contribution in [2.45, 2.75) is 32.2 Å². The van der Waals surface area contributed by atoms with Crippen LogP contribution in [0.1, 0.15) is 30.4 Å². The third-order valence-corrected chi connectivity index (χ3v) is 2.47. The van der Waals surface area contributed by atoms with E-state index in [1.807, 2.05) is 13.1 Å². The topological polar surface area (TPSA) is 38.0 Å². The van der Waals surface area contributed by atoms with Crippen LogP contribution in [0.4, 0.5) is 0 Å². The predicted molar refractivity (Wildman–Crippen MR) is 46.0 cm³/mol. The van der Waals surface area contributed by atoms with Crippen molar-refractivity contribution in [1.82, 2.24) is 9.55 Å². The van der Waals surface area contributed by atoms with Gasteiger partial charge in [0.2, 0.25) is 0 Å². The molecule has 1 atom stereocenters. The van der Waals surface area contributed by atoms with Gasteiger partial charge in [0.05, 0.1) is 18.3 Å². The Hall–Kier alpha value is -0.830. The molecule has 2 heterocycles. The molecule has 0 fully saturated rings. The molecule has 1 aromatic heterocycles. The van der Waals surface area contributed by atoms with Gasteiger partial charge in [-0.2, -0.15) is 0 Å². The summed E-state index contributed by atoms with van der Waals surface area (Å²) in [5.74, 6) is 1.14. The van der Waals surface area contributed by atoms with Crippen molar-refractivity contribution in [3.63, 3.8) is 0 Å². The largest absolute Gasteiger partial charge is 0.394 e. The number of hydrogen-bond acceptors (Lipinski definition) is 2. The maximum Gasteiger partial charge on any atom is 0.109 e. The van der Waals surface area contributed by atoms with E-state index in [0.717, 1.165) is 30.8 Å². The Labute approximate surface area is 72.0 Å². The molecule has 1 N–H and O–H groups in total. The third-order valence-electron chi connectivity index (χ3n) is 2.47. The maximum absolute atomic E-state index is 9.10. The lowest BCUT2D eigenvalue weighted by Gasteiger charge is -2.22. The van der Waals surface area contributed by atoms with Crippen LogP contribution in [0.15, 0.2) is 6.20 Å². The SMILES string of the molecule is Cc1cn2c(n1)CCCC2CO. The minimum atomic E-state index is 0.239. The van der Waals surface area contributed by atoms with Gasteiger partial charge in [-0.05, 0) is 19.8 Å². The molecule has 1 aromatic rings. The van der Waals surface area contributed by atoms with Gasteiger partial charge in [-0.15, -0.1) is 0 Å². The second-order valence-corrected chi connectivity index (χ2v) is 3.43. The van der Waals surface area contributed by atoms with Gasteiger partial charge < -0.3 is 9.67 Å². The number of imidazole rings is 1. The molecule has 3 heteroatoms. The summed E-state index contributed by atoms with van der Waals surface area (Å²) >= 11 is 0. The lowest BCUT2D eigenvalue weighted by atomic mass is 10.1. The first-order valence-corrected chi connectivity index (χ1v) is 4.46. The molecule has 1 aliphatic heterocycles. The summed E-state index contributed by atoms with van der Waals surface area (Å²) in [6, 6.07) is 0.273. The van der Waals surface area contributed by atoms with Crippen LogP contribution < -0.4 is 0 Å². The highest BCUT2D eigenvalue weighted by atomic mass is 16.3. The van der Waals surface area contributed by atoms with Crippen molar-refractivity contribution in [2.75, 3.05) is 6.61 Å². The van der Waals surface area contributed by atoms with Crippen LogP contribution in [-0.4, -0.2) is 21.3 Å². The minimum absolute atomic E-state index is 0.239. The van der Waals surface area contributed by atoms with Crippen LogP contribution in [0.25, 0.3) is 0 Å². The number of nitrogens with zero attached hydrogens (tertiary/aromatic N) is 2. The molecule has 0 saturated carbocycles. The highest BCUT2D eigenvalue weighted by molar-refractivity contribution is 5.06. The lowest BCUT2D eigenvalue weighted by Crippen LogP contribution is -2.20. The number of rotatable bonds is 1. The fourth-order valence-corrected chi connectivity index (χ4v) is 1.88. The van der Waals surface area contributed by atoms with Gasteiger partial charge in [0.15, 0.2) is 0 Å². The van der Waals surface area contributed by atoms with Gasteiger partial charge in [0.25, 0.3) is 0 Å². The van der Waals surface area contributed by atoms with Crippen LogP contribution in [0.2, 0.25) is 0 Å². The molecule has 1 aliphatic rings. The van der Waals surface area contributed by atoms with E-state index in [2.05, 4.69) is 9.55 Å². The minimum Gasteiger partial charge on any atom is -0.394 e. The average molecular weight is 166 g/mol. The molecule has 66 valence electrons. The standard InChI is InChI=1S/C9H14N2O/c1-7-5-11-8(6-12)3-2-4-9(11)10-7/h5,8,12H,2-4,6H2,1H3. The third kappa shape index (κ3) is 1.14. The maximum atomic E-state index is 9.10. The van der Waals surface area contributed by atoms with Crippen LogP contribution >= 0.6 is 0 Å². The second kappa shape index (κ2) is 2.90. The van der Waals surface area contributed by atoms with E-state index in [1.165, 1.54) is 0 Å². The molecular weight excluding hydrogens is 152 g/mol. The molecule has 0 amide bonds. The number of hydrogen-bond donors (Lipinski definition) is 1. The molecule has 0 saturated heterocycles. The Morgan fingerprint density at radius 2 is 2.58 bits per heavy atom. The molecule has 0 aromatic carbocycles. The summed E-state index contributed by atoms with van der Waals surface area (Å²) in [5, 5.41) is 9.10. The number of aryl methyl sites for hydroxylation is 2. The van der Waals surface area contributed by atoms with Gasteiger partial charge in [-0.3, -0.25) is 0 Å². The quantitative estimate of drug-likeness (QED) is 0.677. The summed E-state index contributed by atoms with van der Waals surface area (Å²) in [6.07, 6.45) is 5.33. The Bertz CT molecular complexity index is 280. The van der Waals surface area contributed by atoms with Crippen LogP contribution in [-0.2, 0) is 6.42 Å². The number of aliphatic hydroxyl groups is 1. The van der Waals surface area contributed by atoms with Crippen molar-refractivity contribution >= 4 is 0 Å². The van der Waals surface area contributed by atoms with E-state index in [9.17, 15) is 0 Å². The first kappa shape index (κ1) is 7.80. The van der Waals surface area contributed by atoms with E-state index in [4.69, 9.17) is 5.11 Å². The van der Waals surface area contributed by atoms with Crippen LogP contribution in [0.5, 0.6) is 0 Å². The van der Waals surface area contributed by atoms with Gasteiger partial charge in [-0.1, -0.05) is 0 Å². The molecule has 0 radical (unpaired) electrons. The van der Waals surface area contributed by atoms with Crippen molar-refractivity contribution in [2.24, 2.45) is 0 Å². The Morgan fingerprint density at radius 1 is 1.75 bits per heavy atom. The normalized spacial score (nSPS) is 22.3. The summed E-state index contributed by atoms with van der Waals surface area (Å²) in [5.41, 5.74) is 1.06. The van der Waals surface area contributed by atoms with Crippen molar-refractivity contribution in [3.05, 3.63) is 17.7 Å².